The van der Waals surface area contributed by atoms with Gasteiger partial charge in [0.1, 0.15) is 11.6 Å². The minimum atomic E-state index is -4.56. The molecular weight excluding hydrogens is 443 g/mol. The molecule has 4 rings (SSSR count). The van der Waals surface area contributed by atoms with Crippen LogP contribution in [0.5, 0.6) is 0 Å². The van der Waals surface area contributed by atoms with Gasteiger partial charge in [-0.25, -0.2) is 8.78 Å². The highest BCUT2D eigenvalue weighted by molar-refractivity contribution is 5.22. The molecule has 0 unspecified atom stereocenters. The molecule has 0 amide bonds. The van der Waals surface area contributed by atoms with E-state index in [1.165, 1.54) is 51.4 Å². The number of rotatable bonds is 6. The van der Waals surface area contributed by atoms with Crippen molar-refractivity contribution in [1.29, 1.82) is 0 Å². The molecule has 3 aliphatic carbocycles. The molecule has 34 heavy (non-hydrogen) atoms. The van der Waals surface area contributed by atoms with E-state index in [1.54, 1.807) is 12.1 Å². The fourth-order valence-corrected chi connectivity index (χ4v) is 7.13. The predicted molar refractivity (Wildman–Crippen MR) is 126 cm³/mol. The first-order chi connectivity index (χ1) is 16.3. The standard InChI is InChI=1S/C29H39F5/c30-27-4-2-1-3-26(27)24-13-9-21(10-14-24)6-5-20-7-11-22(12-8-20)23-15-17-25(18-16-23)28(31)19-29(32,33)34/h1-4,19-25H,5-18H2/b28-19-. The zero-order chi connectivity index (χ0) is 24.1. The Balaban J connectivity index is 1.13. The topological polar surface area (TPSA) is 0 Å². The molecule has 190 valence electrons. The second-order valence-corrected chi connectivity index (χ2v) is 11.3. The highest BCUT2D eigenvalue weighted by Gasteiger charge is 2.34. The van der Waals surface area contributed by atoms with E-state index >= 15 is 0 Å². The molecule has 0 bridgehead atoms. The van der Waals surface area contributed by atoms with Crippen LogP contribution in [0.4, 0.5) is 22.0 Å². The van der Waals surface area contributed by atoms with Crippen LogP contribution in [0.2, 0.25) is 0 Å². The summed E-state index contributed by atoms with van der Waals surface area (Å²) >= 11 is 0. The number of hydrogen-bond donors (Lipinski definition) is 0. The van der Waals surface area contributed by atoms with Crippen molar-refractivity contribution >= 4 is 0 Å². The second kappa shape index (κ2) is 11.6. The van der Waals surface area contributed by atoms with Gasteiger partial charge in [0.15, 0.2) is 0 Å². The maximum absolute atomic E-state index is 14.1. The molecule has 0 radical (unpaired) electrons. The lowest BCUT2D eigenvalue weighted by Gasteiger charge is -2.38. The normalized spacial score (nSPS) is 33.6. The van der Waals surface area contributed by atoms with E-state index in [0.29, 0.717) is 30.6 Å². The van der Waals surface area contributed by atoms with Crippen LogP contribution in [0.3, 0.4) is 0 Å². The Morgan fingerprint density at radius 3 is 1.76 bits per heavy atom. The molecule has 1 aromatic carbocycles. The predicted octanol–water partition coefficient (Wildman–Crippen LogP) is 9.91. The molecule has 1 aromatic rings. The Hall–Kier alpha value is -1.39. The van der Waals surface area contributed by atoms with Gasteiger partial charge in [0.05, 0.1) is 6.08 Å². The first-order valence-electron chi connectivity index (χ1n) is 13.5. The smallest absolute Gasteiger partial charge is 0.212 e. The van der Waals surface area contributed by atoms with Crippen LogP contribution in [-0.2, 0) is 0 Å². The average molecular weight is 483 g/mol. The van der Waals surface area contributed by atoms with E-state index in [9.17, 15) is 22.0 Å². The number of alkyl halides is 3. The number of allylic oxidation sites excluding steroid dienone is 2. The van der Waals surface area contributed by atoms with Gasteiger partial charge in [0, 0.05) is 5.92 Å². The molecule has 0 N–H and O–H groups in total. The van der Waals surface area contributed by atoms with Gasteiger partial charge < -0.3 is 0 Å². The summed E-state index contributed by atoms with van der Waals surface area (Å²) in [6, 6.07) is 7.23. The average Bonchev–Trinajstić information content (AvgIpc) is 2.83. The summed E-state index contributed by atoms with van der Waals surface area (Å²) in [5.74, 6) is 1.60. The Labute approximate surface area is 201 Å². The third-order valence-corrected chi connectivity index (χ3v) is 9.20. The maximum Gasteiger partial charge on any atom is 0.412 e. The van der Waals surface area contributed by atoms with Crippen molar-refractivity contribution in [3.63, 3.8) is 0 Å². The Morgan fingerprint density at radius 1 is 0.735 bits per heavy atom. The minimum Gasteiger partial charge on any atom is -0.212 e. The van der Waals surface area contributed by atoms with E-state index in [1.807, 2.05) is 12.1 Å². The van der Waals surface area contributed by atoms with Crippen molar-refractivity contribution in [3.05, 3.63) is 47.5 Å². The molecule has 3 fully saturated rings. The zero-order valence-corrected chi connectivity index (χ0v) is 20.1. The lowest BCUT2D eigenvalue weighted by atomic mass is 9.68. The van der Waals surface area contributed by atoms with Crippen molar-refractivity contribution < 1.29 is 22.0 Å². The van der Waals surface area contributed by atoms with Crippen molar-refractivity contribution in [2.75, 3.05) is 0 Å². The van der Waals surface area contributed by atoms with Crippen molar-refractivity contribution in [1.82, 2.24) is 0 Å². The summed E-state index contributed by atoms with van der Waals surface area (Å²) < 4.78 is 65.2. The quantitative estimate of drug-likeness (QED) is 0.354. The zero-order valence-electron chi connectivity index (χ0n) is 20.1. The Kier molecular flexibility index (Phi) is 8.74. The van der Waals surface area contributed by atoms with Crippen LogP contribution >= 0.6 is 0 Å². The van der Waals surface area contributed by atoms with E-state index in [2.05, 4.69) is 0 Å². The summed E-state index contributed by atoms with van der Waals surface area (Å²) in [5, 5.41) is 0. The third kappa shape index (κ3) is 7.07. The Morgan fingerprint density at radius 2 is 1.24 bits per heavy atom. The van der Waals surface area contributed by atoms with Crippen LogP contribution in [0.25, 0.3) is 0 Å². The van der Waals surface area contributed by atoms with Gasteiger partial charge >= 0.3 is 6.18 Å². The van der Waals surface area contributed by atoms with Gasteiger partial charge in [-0.2, -0.15) is 13.2 Å². The number of benzene rings is 1. The summed E-state index contributed by atoms with van der Waals surface area (Å²) in [6.07, 6.45) is 10.3. The van der Waals surface area contributed by atoms with Gasteiger partial charge in [-0.1, -0.05) is 43.9 Å². The highest BCUT2D eigenvalue weighted by Crippen LogP contribution is 2.45. The number of halogens is 5. The second-order valence-electron chi connectivity index (χ2n) is 11.3. The lowest BCUT2D eigenvalue weighted by molar-refractivity contribution is -0.0821. The van der Waals surface area contributed by atoms with Gasteiger partial charge in [0.25, 0.3) is 0 Å². The van der Waals surface area contributed by atoms with E-state index in [-0.39, 0.29) is 11.9 Å². The molecule has 0 aromatic heterocycles. The van der Waals surface area contributed by atoms with Crippen LogP contribution < -0.4 is 0 Å². The summed E-state index contributed by atoms with van der Waals surface area (Å²) in [6.45, 7) is 0. The van der Waals surface area contributed by atoms with Gasteiger partial charge in [-0.3, -0.25) is 0 Å². The fraction of sp³-hybridized carbons (Fsp3) is 0.724. The van der Waals surface area contributed by atoms with Crippen molar-refractivity contribution in [2.24, 2.45) is 29.6 Å². The summed E-state index contributed by atoms with van der Waals surface area (Å²) in [5.41, 5.74) is 0.896. The third-order valence-electron chi connectivity index (χ3n) is 9.20. The van der Waals surface area contributed by atoms with Crippen molar-refractivity contribution in [3.8, 4) is 0 Å². The van der Waals surface area contributed by atoms with E-state index in [4.69, 9.17) is 0 Å². The molecule has 5 heteroatoms. The lowest BCUT2D eigenvalue weighted by Crippen LogP contribution is -2.26. The van der Waals surface area contributed by atoms with Crippen LogP contribution in [-0.4, -0.2) is 6.18 Å². The molecule has 0 saturated heterocycles. The molecule has 0 atom stereocenters. The van der Waals surface area contributed by atoms with Crippen molar-refractivity contribution in [2.45, 2.75) is 102 Å². The minimum absolute atomic E-state index is 0.0564. The highest BCUT2D eigenvalue weighted by atomic mass is 19.4. The maximum atomic E-state index is 14.1. The van der Waals surface area contributed by atoms with Crippen LogP contribution in [0.1, 0.15) is 101 Å². The summed E-state index contributed by atoms with van der Waals surface area (Å²) in [7, 11) is 0. The molecular formula is C29H39F5. The first kappa shape index (κ1) is 25.7. The van der Waals surface area contributed by atoms with Crippen LogP contribution in [0, 0.1) is 35.4 Å². The molecule has 0 spiro atoms. The molecule has 3 saturated carbocycles. The van der Waals surface area contributed by atoms with E-state index < -0.39 is 17.9 Å². The van der Waals surface area contributed by atoms with Crippen LogP contribution in [0.15, 0.2) is 36.2 Å². The number of hydrogen-bond acceptors (Lipinski definition) is 0. The summed E-state index contributed by atoms with van der Waals surface area (Å²) in [4.78, 5) is 0. The molecule has 3 aliphatic rings. The molecule has 0 aliphatic heterocycles. The largest absolute Gasteiger partial charge is 0.412 e. The SMILES string of the molecule is F/C(=C\C(F)(F)F)C1CCC(C2CCC(CCC3CCC(c4ccccc4F)CC3)CC2)CC1. The molecule has 0 nitrogen and oxygen atoms in total. The monoisotopic (exact) mass is 482 g/mol. The molecule has 0 heterocycles. The first-order valence-corrected chi connectivity index (χ1v) is 13.5. The van der Waals surface area contributed by atoms with Gasteiger partial charge in [0.2, 0.25) is 0 Å². The van der Waals surface area contributed by atoms with Gasteiger partial charge in [-0.15, -0.1) is 0 Å². The van der Waals surface area contributed by atoms with E-state index in [0.717, 1.165) is 43.1 Å². The Bertz CT molecular complexity index is 789. The van der Waals surface area contributed by atoms with Gasteiger partial charge in [-0.05, 0) is 105 Å². The fourth-order valence-electron chi connectivity index (χ4n) is 7.13.